The molecule has 0 spiro atoms. The quantitative estimate of drug-likeness (QED) is 0.500. The molecule has 0 aliphatic heterocycles. The summed E-state index contributed by atoms with van der Waals surface area (Å²) in [7, 11) is 0. The molecule has 2 aromatic heterocycles. The molecular weight excluding hydrogens is 503 g/mol. The second kappa shape index (κ2) is 8.76. The van der Waals surface area contributed by atoms with Crippen molar-refractivity contribution in [2.75, 3.05) is 0 Å². The van der Waals surface area contributed by atoms with Gasteiger partial charge in [0.2, 0.25) is 11.6 Å². The van der Waals surface area contributed by atoms with E-state index in [1.54, 1.807) is 0 Å². The van der Waals surface area contributed by atoms with Crippen molar-refractivity contribution in [3.63, 3.8) is 0 Å². The molecule has 0 saturated heterocycles. The number of hydrogen-bond donors (Lipinski definition) is 1. The SMILES string of the molecule is O=C(O)Cn1nnc(-c2cc(OC3CCC(Oc4cc(C(F)(F)F)ccc4Br)C3)no2)n1. The predicted octanol–water partition coefficient (Wildman–Crippen LogP) is 3.57. The van der Waals surface area contributed by atoms with Crippen LogP contribution >= 0.6 is 15.9 Å². The van der Waals surface area contributed by atoms with Gasteiger partial charge in [-0.25, -0.2) is 0 Å². The summed E-state index contributed by atoms with van der Waals surface area (Å²) in [4.78, 5) is 11.6. The molecule has 4 rings (SSSR count). The molecule has 1 fully saturated rings. The van der Waals surface area contributed by atoms with E-state index in [-0.39, 0.29) is 35.4 Å². The van der Waals surface area contributed by atoms with E-state index in [2.05, 4.69) is 36.5 Å². The van der Waals surface area contributed by atoms with Crippen molar-refractivity contribution in [2.45, 2.75) is 44.2 Å². The normalized spacial score (nSPS) is 18.6. The molecule has 2 heterocycles. The fourth-order valence-corrected chi connectivity index (χ4v) is 3.52. The molecule has 1 aliphatic carbocycles. The number of aliphatic carboxylic acids is 1. The molecule has 0 bridgehead atoms. The minimum atomic E-state index is -4.46. The summed E-state index contributed by atoms with van der Waals surface area (Å²) in [5, 5.41) is 23.7. The molecule has 2 unspecified atom stereocenters. The van der Waals surface area contributed by atoms with Gasteiger partial charge in [-0.2, -0.15) is 18.0 Å². The smallest absolute Gasteiger partial charge is 0.416 e. The second-order valence-corrected chi connectivity index (χ2v) is 7.86. The van der Waals surface area contributed by atoms with Gasteiger partial charge in [0.15, 0.2) is 6.54 Å². The summed E-state index contributed by atoms with van der Waals surface area (Å²) in [6.45, 7) is -0.448. The third-order valence-corrected chi connectivity index (χ3v) is 5.27. The van der Waals surface area contributed by atoms with Gasteiger partial charge >= 0.3 is 12.1 Å². The Balaban J connectivity index is 1.35. The van der Waals surface area contributed by atoms with Crippen LogP contribution in [0.15, 0.2) is 33.3 Å². The fourth-order valence-electron chi connectivity index (χ4n) is 3.18. The molecule has 1 aliphatic rings. The van der Waals surface area contributed by atoms with Crippen LogP contribution in [0.25, 0.3) is 11.6 Å². The molecule has 170 valence electrons. The van der Waals surface area contributed by atoms with Crippen LogP contribution in [-0.2, 0) is 17.5 Å². The van der Waals surface area contributed by atoms with E-state index in [1.807, 2.05) is 0 Å². The number of carboxylic acids is 1. The maximum atomic E-state index is 13.0. The van der Waals surface area contributed by atoms with Gasteiger partial charge in [0.25, 0.3) is 5.88 Å². The fraction of sp³-hybridized carbons (Fsp3) is 0.389. The lowest BCUT2D eigenvalue weighted by atomic mass is 10.2. The third-order valence-electron chi connectivity index (χ3n) is 4.61. The van der Waals surface area contributed by atoms with Crippen molar-refractivity contribution < 1.29 is 37.1 Å². The first-order chi connectivity index (χ1) is 15.2. The Morgan fingerprint density at radius 3 is 2.72 bits per heavy atom. The van der Waals surface area contributed by atoms with Gasteiger partial charge in [0, 0.05) is 6.42 Å². The van der Waals surface area contributed by atoms with E-state index in [9.17, 15) is 18.0 Å². The Morgan fingerprint density at radius 1 is 1.25 bits per heavy atom. The number of benzene rings is 1. The number of halogens is 4. The number of tetrazole rings is 1. The maximum absolute atomic E-state index is 13.0. The van der Waals surface area contributed by atoms with E-state index >= 15 is 0 Å². The number of alkyl halides is 3. The van der Waals surface area contributed by atoms with Gasteiger partial charge in [-0.15, -0.1) is 10.2 Å². The van der Waals surface area contributed by atoms with Gasteiger partial charge in [-0.1, -0.05) is 0 Å². The van der Waals surface area contributed by atoms with E-state index in [0.29, 0.717) is 23.7 Å². The number of ether oxygens (including phenoxy) is 2. The molecule has 1 N–H and O–H groups in total. The Kier molecular flexibility index (Phi) is 6.04. The Morgan fingerprint density at radius 2 is 2.00 bits per heavy atom. The molecule has 1 saturated carbocycles. The van der Waals surface area contributed by atoms with Crippen molar-refractivity contribution >= 4 is 21.9 Å². The molecular formula is C18H15BrF3N5O5. The molecule has 2 atom stereocenters. The summed E-state index contributed by atoms with van der Waals surface area (Å²) in [6, 6.07) is 4.69. The van der Waals surface area contributed by atoms with Crippen LogP contribution in [0.4, 0.5) is 13.2 Å². The highest BCUT2D eigenvalue weighted by molar-refractivity contribution is 9.10. The summed E-state index contributed by atoms with van der Waals surface area (Å²) in [6.07, 6.45) is -3.43. The topological polar surface area (TPSA) is 125 Å². The van der Waals surface area contributed by atoms with Crippen LogP contribution in [0.3, 0.4) is 0 Å². The van der Waals surface area contributed by atoms with Gasteiger partial charge in [-0.3, -0.25) is 4.79 Å². The number of hydrogen-bond acceptors (Lipinski definition) is 8. The highest BCUT2D eigenvalue weighted by Gasteiger charge is 2.33. The zero-order chi connectivity index (χ0) is 22.9. The lowest BCUT2D eigenvalue weighted by Crippen LogP contribution is -2.18. The first kappa shape index (κ1) is 22.0. The Hall–Kier alpha value is -3.16. The highest BCUT2D eigenvalue weighted by atomic mass is 79.9. The van der Waals surface area contributed by atoms with E-state index < -0.39 is 24.3 Å². The van der Waals surface area contributed by atoms with Gasteiger partial charge in [0.05, 0.1) is 16.1 Å². The van der Waals surface area contributed by atoms with Crippen molar-refractivity contribution in [1.29, 1.82) is 0 Å². The molecule has 0 radical (unpaired) electrons. The zero-order valence-electron chi connectivity index (χ0n) is 16.1. The summed E-state index contributed by atoms with van der Waals surface area (Å²) in [5.74, 6) is -0.637. The van der Waals surface area contributed by atoms with Crippen LogP contribution in [0.1, 0.15) is 24.8 Å². The number of aromatic nitrogens is 5. The predicted molar refractivity (Wildman–Crippen MR) is 103 cm³/mol. The zero-order valence-corrected chi connectivity index (χ0v) is 17.7. The molecule has 10 nitrogen and oxygen atoms in total. The Labute approximate surface area is 186 Å². The highest BCUT2D eigenvalue weighted by Crippen LogP contribution is 2.37. The van der Waals surface area contributed by atoms with Gasteiger partial charge in [-0.05, 0) is 57.3 Å². The molecule has 14 heteroatoms. The monoisotopic (exact) mass is 517 g/mol. The van der Waals surface area contributed by atoms with Crippen LogP contribution in [-0.4, -0.2) is 48.6 Å². The number of nitrogens with zero attached hydrogens (tertiary/aromatic N) is 5. The van der Waals surface area contributed by atoms with Gasteiger partial charge in [0.1, 0.15) is 18.0 Å². The van der Waals surface area contributed by atoms with Crippen molar-refractivity contribution in [3.05, 3.63) is 34.3 Å². The van der Waals surface area contributed by atoms with Crippen LogP contribution in [0.5, 0.6) is 11.6 Å². The minimum absolute atomic E-state index is 0.0515. The molecule has 3 aromatic rings. The van der Waals surface area contributed by atoms with Crippen molar-refractivity contribution in [3.8, 4) is 23.2 Å². The lowest BCUT2D eigenvalue weighted by molar-refractivity contribution is -0.138. The van der Waals surface area contributed by atoms with E-state index in [1.165, 1.54) is 12.1 Å². The number of carbonyl (C=O) groups is 1. The minimum Gasteiger partial charge on any atom is -0.489 e. The first-order valence-corrected chi connectivity index (χ1v) is 10.1. The largest absolute Gasteiger partial charge is 0.489 e. The number of carboxylic acid groups (broad SMARTS) is 1. The van der Waals surface area contributed by atoms with Crippen LogP contribution in [0.2, 0.25) is 0 Å². The Bertz CT molecular complexity index is 1120. The summed E-state index contributed by atoms with van der Waals surface area (Å²) < 4.78 is 55.9. The maximum Gasteiger partial charge on any atom is 0.416 e. The standard InChI is InChI=1S/C18H15BrF3N5O5/c19-12-4-1-9(18(20,21)22)5-13(12)30-10-2-3-11(6-10)31-15-7-14(32-25-15)17-23-26-27(24-17)8-16(28)29/h1,4-5,7,10-11H,2-3,6,8H2,(H,28,29). The molecule has 0 amide bonds. The van der Waals surface area contributed by atoms with Crippen molar-refractivity contribution in [1.82, 2.24) is 25.4 Å². The number of rotatable bonds is 7. The third kappa shape index (κ3) is 5.18. The van der Waals surface area contributed by atoms with E-state index in [4.69, 9.17) is 19.1 Å². The first-order valence-electron chi connectivity index (χ1n) is 9.34. The van der Waals surface area contributed by atoms with Gasteiger partial charge < -0.3 is 19.1 Å². The van der Waals surface area contributed by atoms with E-state index in [0.717, 1.165) is 16.9 Å². The summed E-state index contributed by atoms with van der Waals surface area (Å²) >= 11 is 3.22. The average molecular weight is 518 g/mol. The lowest BCUT2D eigenvalue weighted by Gasteiger charge is -2.17. The van der Waals surface area contributed by atoms with Crippen LogP contribution < -0.4 is 9.47 Å². The van der Waals surface area contributed by atoms with Crippen LogP contribution in [0, 0.1) is 0 Å². The average Bonchev–Trinajstić information content (AvgIpc) is 3.44. The molecule has 32 heavy (non-hydrogen) atoms. The second-order valence-electron chi connectivity index (χ2n) is 7.00. The molecule has 1 aromatic carbocycles. The summed E-state index contributed by atoms with van der Waals surface area (Å²) in [5.41, 5.74) is -0.787. The van der Waals surface area contributed by atoms with Crippen molar-refractivity contribution in [2.24, 2.45) is 0 Å².